The number of nitrogens with zero attached hydrogens (tertiary/aromatic N) is 1. The summed E-state index contributed by atoms with van der Waals surface area (Å²) in [7, 11) is 0. The van der Waals surface area contributed by atoms with Crippen molar-refractivity contribution >= 4 is 11.8 Å². The number of aliphatic hydroxyl groups is 2. The van der Waals surface area contributed by atoms with Crippen LogP contribution in [0.25, 0.3) is 0 Å². The van der Waals surface area contributed by atoms with Gasteiger partial charge in [0, 0.05) is 12.3 Å². The molecule has 0 aliphatic carbocycles. The van der Waals surface area contributed by atoms with Crippen molar-refractivity contribution in [3.63, 3.8) is 0 Å². The largest absolute Gasteiger partial charge is 0.394 e. The van der Waals surface area contributed by atoms with Gasteiger partial charge in [0.05, 0.1) is 18.0 Å². The minimum atomic E-state index is -0.862. The molecule has 1 aromatic rings. The van der Waals surface area contributed by atoms with E-state index in [2.05, 4.69) is 4.98 Å². The standard InChI is InChI=1S/C11H16N2O5S/c1-2-19-9-8(16)6(5-14)18-10(9)13-4-3-7(15)12-11(13)17/h3-4,6,8-10,14,16H,2,5H2,1H3,(H,12,15,17)/t6-,8-,9?,10-/m1/s1. The van der Waals surface area contributed by atoms with Crippen LogP contribution in [-0.4, -0.2) is 49.6 Å². The molecular formula is C11H16N2O5S. The first-order valence-corrected chi connectivity index (χ1v) is 7.00. The van der Waals surface area contributed by atoms with Gasteiger partial charge in [0.25, 0.3) is 5.56 Å². The van der Waals surface area contributed by atoms with Crippen LogP contribution in [0.5, 0.6) is 0 Å². The van der Waals surface area contributed by atoms with Crippen LogP contribution >= 0.6 is 11.8 Å². The fraction of sp³-hybridized carbons (Fsp3) is 0.636. The molecule has 0 spiro atoms. The Labute approximate surface area is 113 Å². The van der Waals surface area contributed by atoms with Gasteiger partial charge in [0.15, 0.2) is 6.23 Å². The Kier molecular flexibility index (Phi) is 4.46. The number of aliphatic hydroxyl groups excluding tert-OH is 2. The van der Waals surface area contributed by atoms with Gasteiger partial charge in [-0.05, 0) is 5.75 Å². The van der Waals surface area contributed by atoms with Crippen molar-refractivity contribution in [2.45, 2.75) is 30.6 Å². The van der Waals surface area contributed by atoms with Gasteiger partial charge >= 0.3 is 5.69 Å². The summed E-state index contributed by atoms with van der Waals surface area (Å²) in [6, 6.07) is 1.22. The molecule has 0 bridgehead atoms. The van der Waals surface area contributed by atoms with Gasteiger partial charge in [-0.25, -0.2) is 4.79 Å². The number of ether oxygens (including phenoxy) is 1. The SMILES string of the molecule is CCSC1[C@H](n2ccc(=O)[nH]c2=O)O[C@H](CO)[C@H]1O. The summed E-state index contributed by atoms with van der Waals surface area (Å²) in [5, 5.41) is 18.9. The predicted octanol–water partition coefficient (Wildman–Crippen LogP) is -1.09. The molecule has 1 aliphatic heterocycles. The van der Waals surface area contributed by atoms with E-state index in [1.165, 1.54) is 28.6 Å². The van der Waals surface area contributed by atoms with Gasteiger partial charge in [-0.3, -0.25) is 14.3 Å². The van der Waals surface area contributed by atoms with Crippen LogP contribution in [0.4, 0.5) is 0 Å². The number of hydrogen-bond acceptors (Lipinski definition) is 6. The monoisotopic (exact) mass is 288 g/mol. The predicted molar refractivity (Wildman–Crippen MR) is 70.2 cm³/mol. The van der Waals surface area contributed by atoms with Gasteiger partial charge in [0.1, 0.15) is 6.10 Å². The van der Waals surface area contributed by atoms with E-state index >= 15 is 0 Å². The van der Waals surface area contributed by atoms with Gasteiger partial charge < -0.3 is 14.9 Å². The van der Waals surface area contributed by atoms with E-state index in [4.69, 9.17) is 9.84 Å². The minimum Gasteiger partial charge on any atom is -0.394 e. The van der Waals surface area contributed by atoms with Crippen LogP contribution in [0, 0.1) is 0 Å². The van der Waals surface area contributed by atoms with Gasteiger partial charge in [-0.2, -0.15) is 11.8 Å². The fourth-order valence-electron chi connectivity index (χ4n) is 2.09. The lowest BCUT2D eigenvalue weighted by atomic mass is 10.2. The van der Waals surface area contributed by atoms with Crippen LogP contribution in [0.3, 0.4) is 0 Å². The van der Waals surface area contributed by atoms with E-state index in [0.29, 0.717) is 0 Å². The highest BCUT2D eigenvalue weighted by atomic mass is 32.2. The number of aromatic nitrogens is 2. The summed E-state index contributed by atoms with van der Waals surface area (Å²) in [4.78, 5) is 24.9. The van der Waals surface area contributed by atoms with Crippen LogP contribution < -0.4 is 11.2 Å². The van der Waals surface area contributed by atoms with Crippen molar-refractivity contribution in [2.75, 3.05) is 12.4 Å². The quantitative estimate of drug-likeness (QED) is 0.650. The maximum Gasteiger partial charge on any atom is 0.330 e. The molecule has 4 atom stereocenters. The second-order valence-electron chi connectivity index (χ2n) is 4.18. The molecule has 0 amide bonds. The Morgan fingerprint density at radius 3 is 2.84 bits per heavy atom. The molecule has 1 aliphatic rings. The fourth-order valence-corrected chi connectivity index (χ4v) is 3.21. The smallest absolute Gasteiger partial charge is 0.330 e. The van der Waals surface area contributed by atoms with Crippen LogP contribution in [0.1, 0.15) is 13.2 Å². The number of aromatic amines is 1. The summed E-state index contributed by atoms with van der Waals surface area (Å²) in [6.07, 6.45) is -0.963. The van der Waals surface area contributed by atoms with E-state index < -0.39 is 29.7 Å². The van der Waals surface area contributed by atoms with Crippen molar-refractivity contribution in [3.8, 4) is 0 Å². The molecule has 106 valence electrons. The molecule has 1 aromatic heterocycles. The zero-order valence-corrected chi connectivity index (χ0v) is 11.2. The normalized spacial score (nSPS) is 30.7. The van der Waals surface area contributed by atoms with E-state index in [-0.39, 0.29) is 11.9 Å². The lowest BCUT2D eigenvalue weighted by molar-refractivity contribution is -0.0457. The summed E-state index contributed by atoms with van der Waals surface area (Å²) >= 11 is 1.44. The Bertz CT molecular complexity index is 542. The van der Waals surface area contributed by atoms with Gasteiger partial charge in [-0.1, -0.05) is 6.92 Å². The van der Waals surface area contributed by atoms with Crippen molar-refractivity contribution in [3.05, 3.63) is 33.1 Å². The van der Waals surface area contributed by atoms with Crippen LogP contribution in [-0.2, 0) is 4.74 Å². The average Bonchev–Trinajstić information content (AvgIpc) is 2.68. The van der Waals surface area contributed by atoms with Gasteiger partial charge in [0.2, 0.25) is 0 Å². The topological polar surface area (TPSA) is 105 Å². The lowest BCUT2D eigenvalue weighted by Gasteiger charge is -2.20. The first-order valence-electron chi connectivity index (χ1n) is 5.96. The second-order valence-corrected chi connectivity index (χ2v) is 5.63. The first kappa shape index (κ1) is 14.3. The second kappa shape index (κ2) is 5.91. The van der Waals surface area contributed by atoms with Crippen LogP contribution in [0.2, 0.25) is 0 Å². The zero-order chi connectivity index (χ0) is 14.0. The molecule has 0 aromatic carbocycles. The molecule has 19 heavy (non-hydrogen) atoms. The van der Waals surface area contributed by atoms with Crippen molar-refractivity contribution in [1.29, 1.82) is 0 Å². The Balaban J connectivity index is 2.36. The van der Waals surface area contributed by atoms with Crippen molar-refractivity contribution < 1.29 is 14.9 Å². The molecule has 2 rings (SSSR count). The molecule has 1 saturated heterocycles. The summed E-state index contributed by atoms with van der Waals surface area (Å²) in [5.41, 5.74) is -1.08. The molecule has 0 radical (unpaired) electrons. The summed E-state index contributed by atoms with van der Waals surface area (Å²) in [6.45, 7) is 1.60. The molecule has 8 heteroatoms. The number of nitrogens with one attached hydrogen (secondary N) is 1. The van der Waals surface area contributed by atoms with Crippen molar-refractivity contribution in [2.24, 2.45) is 0 Å². The minimum absolute atomic E-state index is 0.323. The highest BCUT2D eigenvalue weighted by molar-refractivity contribution is 7.99. The Morgan fingerprint density at radius 2 is 2.26 bits per heavy atom. The number of hydrogen-bond donors (Lipinski definition) is 3. The van der Waals surface area contributed by atoms with E-state index in [1.807, 2.05) is 6.92 Å². The number of H-pyrrole nitrogens is 1. The third-order valence-electron chi connectivity index (χ3n) is 2.98. The summed E-state index contributed by atoms with van der Waals surface area (Å²) in [5.74, 6) is 0.734. The van der Waals surface area contributed by atoms with Gasteiger partial charge in [-0.15, -0.1) is 0 Å². The van der Waals surface area contributed by atoms with E-state index in [1.54, 1.807) is 0 Å². The Hall–Kier alpha value is -1.09. The zero-order valence-electron chi connectivity index (χ0n) is 10.4. The molecule has 0 saturated carbocycles. The molecule has 1 unspecified atom stereocenters. The molecule has 3 N–H and O–H groups in total. The summed E-state index contributed by atoms with van der Waals surface area (Å²) < 4.78 is 6.74. The molecular weight excluding hydrogens is 272 g/mol. The van der Waals surface area contributed by atoms with E-state index in [9.17, 15) is 14.7 Å². The molecule has 1 fully saturated rings. The number of rotatable bonds is 4. The van der Waals surface area contributed by atoms with Crippen molar-refractivity contribution in [1.82, 2.24) is 9.55 Å². The average molecular weight is 288 g/mol. The third-order valence-corrected chi connectivity index (χ3v) is 4.21. The Morgan fingerprint density at radius 1 is 1.53 bits per heavy atom. The maximum absolute atomic E-state index is 11.8. The molecule has 2 heterocycles. The lowest BCUT2D eigenvalue weighted by Crippen LogP contribution is -2.36. The third kappa shape index (κ3) is 2.76. The molecule has 7 nitrogen and oxygen atoms in total. The number of thioether (sulfide) groups is 1. The van der Waals surface area contributed by atoms with E-state index in [0.717, 1.165) is 5.75 Å². The maximum atomic E-state index is 11.8. The highest BCUT2D eigenvalue weighted by Crippen LogP contribution is 2.36. The van der Waals surface area contributed by atoms with Crippen LogP contribution in [0.15, 0.2) is 21.9 Å². The first-order chi connectivity index (χ1) is 9.08. The highest BCUT2D eigenvalue weighted by Gasteiger charge is 2.44.